The third kappa shape index (κ3) is 12.7. The third-order valence-electron chi connectivity index (χ3n) is 6.93. The largest absolute Gasteiger partial charge is 0.298 e. The number of rotatable bonds is 4. The molecule has 0 saturated carbocycles. The molecule has 0 amide bonds. The minimum atomic E-state index is -2.96. The summed E-state index contributed by atoms with van der Waals surface area (Å²) in [5.74, 6) is 2.52. The molecule has 0 spiro atoms. The van der Waals surface area contributed by atoms with Gasteiger partial charge in [-0.2, -0.15) is 8.61 Å². The number of hydrogen-bond donors (Lipinski definition) is 0. The number of nitrogens with zero attached hydrogens (tertiary/aromatic N) is 4. The Labute approximate surface area is 225 Å². The van der Waals surface area contributed by atoms with Crippen molar-refractivity contribution >= 4 is 20.0 Å². The highest BCUT2D eigenvalue weighted by Crippen LogP contribution is 2.23. The summed E-state index contributed by atoms with van der Waals surface area (Å²) >= 11 is 0. The second-order valence-corrected chi connectivity index (χ2v) is 13.8. The average Bonchev–Trinajstić information content (AvgIpc) is 3.47. The van der Waals surface area contributed by atoms with Gasteiger partial charge in [0.15, 0.2) is 0 Å². The van der Waals surface area contributed by atoms with Gasteiger partial charge in [-0.05, 0) is 45.2 Å². The monoisotopic (exact) mass is 552 g/mol. The maximum Gasteiger partial charge on any atom is 0.211 e. The maximum atomic E-state index is 11.3. The first kappa shape index (κ1) is 35.3. The van der Waals surface area contributed by atoms with Crippen LogP contribution in [0.1, 0.15) is 81.0 Å². The number of terminal acetylenes is 1. The Hall–Kier alpha value is -0.700. The Balaban J connectivity index is 0. The molecule has 4 aliphatic heterocycles. The summed E-state index contributed by atoms with van der Waals surface area (Å²) in [6, 6.07) is 0.979. The molecular weight excluding hydrogens is 496 g/mol. The molecule has 0 aromatic carbocycles. The fourth-order valence-electron chi connectivity index (χ4n) is 4.67. The summed E-state index contributed by atoms with van der Waals surface area (Å²) in [4.78, 5) is 4.81. The van der Waals surface area contributed by atoms with E-state index in [1.54, 1.807) is 8.61 Å². The van der Waals surface area contributed by atoms with Crippen LogP contribution in [0, 0.1) is 12.3 Å². The van der Waals surface area contributed by atoms with Gasteiger partial charge in [-0.25, -0.2) is 16.8 Å². The predicted octanol–water partition coefficient (Wildman–Crippen LogP) is 3.56. The zero-order chi connectivity index (χ0) is 26.5. The van der Waals surface area contributed by atoms with Crippen molar-refractivity contribution in [3.63, 3.8) is 0 Å². The van der Waals surface area contributed by atoms with Crippen molar-refractivity contribution in [1.82, 2.24) is 18.4 Å². The van der Waals surface area contributed by atoms with Crippen LogP contribution < -0.4 is 0 Å². The van der Waals surface area contributed by atoms with Gasteiger partial charge in [-0.1, -0.05) is 41.0 Å². The van der Waals surface area contributed by atoms with Gasteiger partial charge in [0.1, 0.15) is 0 Å². The van der Waals surface area contributed by atoms with Crippen molar-refractivity contribution in [2.24, 2.45) is 0 Å². The number of unbranched alkanes of at least 4 members (excludes halogenated alkanes) is 2. The standard InChI is InChI=1S/2C8H16N2O2S.C5H8.C4H10.CH4.H2/c2*1-13(11,12)10-6-5-9-4-2-3-8(9)7-10;1-3-5-4-2;1-3-4-2;;/h2*8H,2-7H2,1H3;1H,4-5H2,2H3;3-4H2,1-2H3;1H4;1H. The normalized spacial score (nSPS) is 24.8. The summed E-state index contributed by atoms with van der Waals surface area (Å²) in [5, 5.41) is 0. The van der Waals surface area contributed by atoms with Crippen LogP contribution in [0.25, 0.3) is 0 Å². The molecule has 4 fully saturated rings. The molecule has 4 heterocycles. The Morgan fingerprint density at radius 3 is 1.36 bits per heavy atom. The topological polar surface area (TPSA) is 81.2 Å². The van der Waals surface area contributed by atoms with E-state index in [1.807, 2.05) is 0 Å². The Morgan fingerprint density at radius 1 is 0.722 bits per heavy atom. The van der Waals surface area contributed by atoms with E-state index in [9.17, 15) is 16.8 Å². The lowest BCUT2D eigenvalue weighted by atomic mass is 10.2. The first-order chi connectivity index (χ1) is 16.5. The quantitative estimate of drug-likeness (QED) is 0.496. The summed E-state index contributed by atoms with van der Waals surface area (Å²) < 4.78 is 48.4. The molecule has 8 nitrogen and oxygen atoms in total. The summed E-state index contributed by atoms with van der Waals surface area (Å²) in [5.41, 5.74) is 0. The Morgan fingerprint density at radius 2 is 1.11 bits per heavy atom. The molecule has 0 N–H and O–H groups in total. The first-order valence-electron chi connectivity index (χ1n) is 13.3. The molecule has 4 rings (SSSR count). The van der Waals surface area contributed by atoms with E-state index >= 15 is 0 Å². The van der Waals surface area contributed by atoms with Gasteiger partial charge < -0.3 is 0 Å². The Kier molecular flexibility index (Phi) is 17.4. The van der Waals surface area contributed by atoms with Crippen LogP contribution in [0.4, 0.5) is 0 Å². The van der Waals surface area contributed by atoms with Crippen molar-refractivity contribution in [3.8, 4) is 12.3 Å². The molecule has 216 valence electrons. The lowest BCUT2D eigenvalue weighted by Gasteiger charge is -2.35. The van der Waals surface area contributed by atoms with E-state index in [1.165, 1.54) is 38.2 Å². The van der Waals surface area contributed by atoms with Crippen molar-refractivity contribution in [3.05, 3.63) is 0 Å². The van der Waals surface area contributed by atoms with E-state index < -0.39 is 20.0 Å². The lowest BCUT2D eigenvalue weighted by molar-refractivity contribution is 0.159. The minimum Gasteiger partial charge on any atom is -0.298 e. The van der Waals surface area contributed by atoms with E-state index in [0.717, 1.165) is 51.9 Å². The van der Waals surface area contributed by atoms with Crippen LogP contribution in [0.2, 0.25) is 0 Å². The van der Waals surface area contributed by atoms with Crippen LogP contribution in [0.3, 0.4) is 0 Å². The van der Waals surface area contributed by atoms with Crippen LogP contribution >= 0.6 is 0 Å². The molecule has 10 heteroatoms. The average molecular weight is 553 g/mol. The summed E-state index contributed by atoms with van der Waals surface area (Å²) in [7, 11) is -5.92. The van der Waals surface area contributed by atoms with Crippen molar-refractivity contribution in [2.75, 3.05) is 64.9 Å². The molecule has 4 saturated heterocycles. The number of sulfonamides is 2. The predicted molar refractivity (Wildman–Crippen MR) is 155 cm³/mol. The fourth-order valence-corrected chi connectivity index (χ4v) is 6.38. The fraction of sp³-hybridized carbons (Fsp3) is 0.923. The van der Waals surface area contributed by atoms with Crippen LogP contribution in [-0.2, 0) is 20.0 Å². The molecule has 0 bridgehead atoms. The number of piperazine rings is 2. The van der Waals surface area contributed by atoms with Gasteiger partial charge in [0, 0.05) is 59.2 Å². The lowest BCUT2D eigenvalue weighted by Crippen LogP contribution is -2.51. The number of fused-ring (bicyclic) bond motifs is 2. The smallest absolute Gasteiger partial charge is 0.211 e. The van der Waals surface area contributed by atoms with Gasteiger partial charge in [-0.3, -0.25) is 9.80 Å². The number of hydrogen-bond acceptors (Lipinski definition) is 6. The highest BCUT2D eigenvalue weighted by atomic mass is 32.2. The van der Waals surface area contributed by atoms with Gasteiger partial charge in [-0.15, -0.1) is 12.3 Å². The molecular formula is C26H56N4O4S2. The summed E-state index contributed by atoms with van der Waals surface area (Å²) in [6.45, 7) is 13.3. The zero-order valence-corrected chi connectivity index (χ0v) is 24.4. The first-order valence-corrected chi connectivity index (χ1v) is 17.0. The molecule has 2 unspecified atom stereocenters. The molecule has 4 aliphatic rings. The zero-order valence-electron chi connectivity index (χ0n) is 22.8. The van der Waals surface area contributed by atoms with Crippen molar-refractivity contribution < 1.29 is 18.3 Å². The van der Waals surface area contributed by atoms with Crippen LogP contribution in [0.5, 0.6) is 0 Å². The molecule has 0 aromatic rings. The van der Waals surface area contributed by atoms with Gasteiger partial charge in [0.25, 0.3) is 0 Å². The van der Waals surface area contributed by atoms with Crippen molar-refractivity contribution in [1.29, 1.82) is 0 Å². The van der Waals surface area contributed by atoms with E-state index in [4.69, 9.17) is 6.42 Å². The SMILES string of the molecule is C.C#CCCC.CCCC.CS(=O)(=O)N1CCN2CCCC2C1.CS(=O)(=O)N1CCN2CCCC2C1.[HH]. The second-order valence-electron chi connectivity index (χ2n) is 9.86. The van der Waals surface area contributed by atoms with E-state index in [2.05, 4.69) is 36.5 Å². The van der Waals surface area contributed by atoms with Gasteiger partial charge in [0.05, 0.1) is 12.5 Å². The molecule has 0 radical (unpaired) electrons. The molecule has 0 aliphatic carbocycles. The maximum absolute atomic E-state index is 11.3. The highest BCUT2D eigenvalue weighted by molar-refractivity contribution is 7.88. The Bertz CT molecular complexity index is 787. The summed E-state index contributed by atoms with van der Waals surface area (Å²) in [6.07, 6.45) is 16.9. The van der Waals surface area contributed by atoms with Crippen LogP contribution in [0.15, 0.2) is 0 Å². The third-order valence-corrected chi connectivity index (χ3v) is 9.47. The van der Waals surface area contributed by atoms with Gasteiger partial charge >= 0.3 is 0 Å². The molecule has 2 atom stereocenters. The molecule has 0 aromatic heterocycles. The molecule has 36 heavy (non-hydrogen) atoms. The van der Waals surface area contributed by atoms with Gasteiger partial charge in [0.2, 0.25) is 20.0 Å². The minimum absolute atomic E-state index is 0. The second kappa shape index (κ2) is 17.7. The van der Waals surface area contributed by atoms with E-state index in [-0.39, 0.29) is 8.85 Å². The highest BCUT2D eigenvalue weighted by Gasteiger charge is 2.34. The van der Waals surface area contributed by atoms with E-state index in [0.29, 0.717) is 38.3 Å². The van der Waals surface area contributed by atoms with Crippen LogP contribution in [-0.4, -0.2) is 112 Å². The van der Waals surface area contributed by atoms with Crippen molar-refractivity contribution in [2.45, 2.75) is 91.6 Å².